The van der Waals surface area contributed by atoms with Crippen LogP contribution in [0.15, 0.2) is 29.3 Å². The smallest absolute Gasteiger partial charge is 0.193 e. The van der Waals surface area contributed by atoms with Gasteiger partial charge in [0.1, 0.15) is 5.75 Å². The fraction of sp³-hybridized carbons (Fsp3) is 0.632. The number of ether oxygens (including phenoxy) is 1. The second kappa shape index (κ2) is 8.92. The topological polar surface area (TPSA) is 40.1 Å². The summed E-state index contributed by atoms with van der Waals surface area (Å²) in [5.41, 5.74) is 1.19. The van der Waals surface area contributed by atoms with Crippen LogP contribution in [0.3, 0.4) is 0 Å². The van der Waals surface area contributed by atoms with Gasteiger partial charge in [0.25, 0.3) is 0 Å². The number of piperidine rings is 1. The highest BCUT2D eigenvalue weighted by Gasteiger charge is 2.22. The lowest BCUT2D eigenvalue weighted by atomic mass is 10.0. The molecule has 0 radical (unpaired) electrons. The van der Waals surface area contributed by atoms with Crippen molar-refractivity contribution in [2.24, 2.45) is 10.9 Å². The van der Waals surface area contributed by atoms with Crippen LogP contribution in [0.1, 0.15) is 31.4 Å². The van der Waals surface area contributed by atoms with E-state index in [0.717, 1.165) is 37.3 Å². The highest BCUT2D eigenvalue weighted by Crippen LogP contribution is 2.27. The Labute approximate surface area is 146 Å². The number of hydrogen-bond acceptors (Lipinski definition) is 3. The molecule has 1 aliphatic heterocycles. The van der Waals surface area contributed by atoms with Crippen LogP contribution in [0.4, 0.5) is 0 Å². The van der Waals surface area contributed by atoms with Gasteiger partial charge in [0.05, 0.1) is 13.2 Å². The number of methoxy groups -OCH3 is 1. The van der Waals surface area contributed by atoms with Gasteiger partial charge in [-0.1, -0.05) is 25.1 Å². The summed E-state index contributed by atoms with van der Waals surface area (Å²) in [5, 5.41) is 3.57. The molecule has 1 saturated heterocycles. The molecule has 1 heterocycles. The van der Waals surface area contributed by atoms with Gasteiger partial charge in [-0.05, 0) is 38.9 Å². The Morgan fingerprint density at radius 2 is 2.17 bits per heavy atom. The van der Waals surface area contributed by atoms with Crippen LogP contribution in [0.25, 0.3) is 0 Å². The number of hydrogen-bond donors (Lipinski definition) is 1. The van der Waals surface area contributed by atoms with Gasteiger partial charge in [-0.15, -0.1) is 0 Å². The van der Waals surface area contributed by atoms with E-state index in [1.807, 2.05) is 19.2 Å². The molecule has 0 bridgehead atoms. The molecule has 0 spiro atoms. The molecule has 0 amide bonds. The van der Waals surface area contributed by atoms with Crippen molar-refractivity contribution < 1.29 is 4.74 Å². The molecule has 2 rings (SSSR count). The van der Waals surface area contributed by atoms with Crippen LogP contribution in [0, 0.1) is 5.92 Å². The van der Waals surface area contributed by atoms with Gasteiger partial charge in [-0.3, -0.25) is 4.99 Å². The van der Waals surface area contributed by atoms with E-state index in [9.17, 15) is 0 Å². The number of aliphatic imine (C=N–C) groups is 1. The first-order valence-corrected chi connectivity index (χ1v) is 8.81. The largest absolute Gasteiger partial charge is 0.496 e. The van der Waals surface area contributed by atoms with E-state index >= 15 is 0 Å². The lowest BCUT2D eigenvalue weighted by Gasteiger charge is -2.35. The predicted molar refractivity (Wildman–Crippen MR) is 101 cm³/mol. The zero-order chi connectivity index (χ0) is 17.5. The summed E-state index contributed by atoms with van der Waals surface area (Å²) in [5.74, 6) is 2.67. The Morgan fingerprint density at radius 1 is 1.42 bits per heavy atom. The van der Waals surface area contributed by atoms with Crippen LogP contribution >= 0.6 is 0 Å². The van der Waals surface area contributed by atoms with Crippen molar-refractivity contribution in [1.29, 1.82) is 0 Å². The molecular weight excluding hydrogens is 300 g/mol. The Balaban J connectivity index is 2.08. The Morgan fingerprint density at radius 3 is 2.79 bits per heavy atom. The van der Waals surface area contributed by atoms with Crippen LogP contribution in [0.5, 0.6) is 5.75 Å². The van der Waals surface area contributed by atoms with E-state index in [2.05, 4.69) is 53.3 Å². The van der Waals surface area contributed by atoms with E-state index in [4.69, 9.17) is 4.74 Å². The van der Waals surface area contributed by atoms with Gasteiger partial charge in [-0.25, -0.2) is 0 Å². The lowest BCUT2D eigenvalue weighted by molar-refractivity contribution is 0.256. The number of benzene rings is 1. The first-order valence-electron chi connectivity index (χ1n) is 8.81. The third-order valence-electron chi connectivity index (χ3n) is 4.74. The Kier molecular flexibility index (Phi) is 6.91. The zero-order valence-electron chi connectivity index (χ0n) is 15.7. The van der Waals surface area contributed by atoms with Crippen molar-refractivity contribution in [1.82, 2.24) is 15.1 Å². The molecule has 5 heteroatoms. The minimum Gasteiger partial charge on any atom is -0.496 e. The molecule has 1 N–H and O–H groups in total. The molecule has 24 heavy (non-hydrogen) atoms. The number of nitrogens with one attached hydrogen (secondary N) is 1. The summed E-state index contributed by atoms with van der Waals surface area (Å²) >= 11 is 0. The normalized spacial score (nSPS) is 20.2. The third-order valence-corrected chi connectivity index (χ3v) is 4.74. The average Bonchev–Trinajstić information content (AvgIpc) is 2.58. The summed E-state index contributed by atoms with van der Waals surface area (Å²) in [6.07, 6.45) is 2.56. The second-order valence-corrected chi connectivity index (χ2v) is 6.84. The standard InChI is InChI=1S/C19H32N4O/c1-15-9-8-12-23(14-15)19(20-2)21-13-17(22(3)4)16-10-6-7-11-18(16)24-5/h6-7,10-11,15,17H,8-9,12-14H2,1-5H3,(H,20,21). The number of rotatable bonds is 5. The molecular formula is C19H32N4O. The van der Waals surface area contributed by atoms with Crippen molar-refractivity contribution in [2.75, 3.05) is 47.9 Å². The summed E-state index contributed by atoms with van der Waals surface area (Å²) < 4.78 is 5.54. The number of likely N-dealkylation sites (N-methyl/N-ethyl adjacent to an activating group) is 1. The maximum atomic E-state index is 5.54. The molecule has 1 aromatic carbocycles. The highest BCUT2D eigenvalue weighted by molar-refractivity contribution is 5.80. The zero-order valence-corrected chi connectivity index (χ0v) is 15.7. The number of para-hydroxylation sites is 1. The summed E-state index contributed by atoms with van der Waals surface area (Å²) in [6, 6.07) is 8.45. The SMILES string of the molecule is CN=C(NCC(c1ccccc1OC)N(C)C)N1CCCC(C)C1. The molecule has 1 fully saturated rings. The van der Waals surface area contributed by atoms with Crippen molar-refractivity contribution in [3.05, 3.63) is 29.8 Å². The third kappa shape index (κ3) is 4.63. The predicted octanol–water partition coefficient (Wildman–Crippen LogP) is 2.61. The number of likely N-dealkylation sites (tertiary alicyclic amines) is 1. The lowest BCUT2D eigenvalue weighted by Crippen LogP contribution is -2.48. The summed E-state index contributed by atoms with van der Waals surface area (Å²) in [7, 11) is 7.80. The summed E-state index contributed by atoms with van der Waals surface area (Å²) in [4.78, 5) is 9.09. The highest BCUT2D eigenvalue weighted by atomic mass is 16.5. The van der Waals surface area contributed by atoms with E-state index in [1.165, 1.54) is 18.4 Å². The van der Waals surface area contributed by atoms with Crippen LogP contribution in [-0.2, 0) is 0 Å². The number of nitrogens with zero attached hydrogens (tertiary/aromatic N) is 3. The first kappa shape index (κ1) is 18.6. The fourth-order valence-corrected chi connectivity index (χ4v) is 3.41. The van der Waals surface area contributed by atoms with Crippen LogP contribution in [0.2, 0.25) is 0 Å². The molecule has 5 nitrogen and oxygen atoms in total. The van der Waals surface area contributed by atoms with Gasteiger partial charge in [0.15, 0.2) is 5.96 Å². The van der Waals surface area contributed by atoms with E-state index in [-0.39, 0.29) is 6.04 Å². The van der Waals surface area contributed by atoms with Crippen molar-refractivity contribution in [3.63, 3.8) is 0 Å². The van der Waals surface area contributed by atoms with Crippen LogP contribution in [-0.4, -0.2) is 63.6 Å². The molecule has 0 aliphatic carbocycles. The molecule has 0 saturated carbocycles. The van der Waals surface area contributed by atoms with Gasteiger partial charge in [0, 0.05) is 32.2 Å². The number of guanidine groups is 1. The van der Waals surface area contributed by atoms with Crippen molar-refractivity contribution >= 4 is 5.96 Å². The van der Waals surface area contributed by atoms with E-state index < -0.39 is 0 Å². The molecule has 2 atom stereocenters. The van der Waals surface area contributed by atoms with Crippen molar-refractivity contribution in [2.45, 2.75) is 25.8 Å². The van der Waals surface area contributed by atoms with E-state index in [0.29, 0.717) is 0 Å². The quantitative estimate of drug-likeness (QED) is 0.665. The van der Waals surface area contributed by atoms with Gasteiger partial charge < -0.3 is 19.9 Å². The van der Waals surface area contributed by atoms with Gasteiger partial charge in [-0.2, -0.15) is 0 Å². The average molecular weight is 332 g/mol. The van der Waals surface area contributed by atoms with Gasteiger partial charge >= 0.3 is 0 Å². The molecule has 1 aromatic rings. The minimum absolute atomic E-state index is 0.222. The maximum Gasteiger partial charge on any atom is 0.193 e. The molecule has 0 aromatic heterocycles. The fourth-order valence-electron chi connectivity index (χ4n) is 3.41. The summed E-state index contributed by atoms with van der Waals surface area (Å²) in [6.45, 7) is 5.29. The monoisotopic (exact) mass is 332 g/mol. The minimum atomic E-state index is 0.222. The van der Waals surface area contributed by atoms with E-state index in [1.54, 1.807) is 7.11 Å². The van der Waals surface area contributed by atoms with Gasteiger partial charge in [0.2, 0.25) is 0 Å². The Bertz CT molecular complexity index is 544. The molecule has 134 valence electrons. The molecule has 2 unspecified atom stereocenters. The maximum absolute atomic E-state index is 5.54. The van der Waals surface area contributed by atoms with Crippen molar-refractivity contribution in [3.8, 4) is 5.75 Å². The Hall–Kier alpha value is -1.75. The first-order chi connectivity index (χ1) is 11.6. The van der Waals surface area contributed by atoms with Crippen LogP contribution < -0.4 is 10.1 Å². The molecule has 1 aliphatic rings. The second-order valence-electron chi connectivity index (χ2n) is 6.84.